The number of carbonyl (C=O) groups is 1. The summed E-state index contributed by atoms with van der Waals surface area (Å²) in [4.78, 5) is 14.7. The summed E-state index contributed by atoms with van der Waals surface area (Å²) in [5, 5.41) is 9.39. The lowest BCUT2D eigenvalue weighted by Crippen LogP contribution is -2.42. The summed E-state index contributed by atoms with van der Waals surface area (Å²) >= 11 is 1.39. The van der Waals surface area contributed by atoms with Gasteiger partial charge in [-0.3, -0.25) is 9.36 Å². The molecule has 2 heterocycles. The van der Waals surface area contributed by atoms with Crippen LogP contribution in [0.25, 0.3) is 5.69 Å². The van der Waals surface area contributed by atoms with Crippen LogP contribution in [0, 0.1) is 5.82 Å². The Hall–Kier alpha value is -2.67. The molecule has 1 aliphatic heterocycles. The van der Waals surface area contributed by atoms with E-state index in [1.165, 1.54) is 30.3 Å². The number of piperidine rings is 1. The molecule has 30 heavy (non-hydrogen) atoms. The van der Waals surface area contributed by atoms with Gasteiger partial charge in [-0.25, -0.2) is 4.39 Å². The number of benzene rings is 2. The molecule has 0 radical (unpaired) electrons. The maximum Gasteiger partial charge on any atom is 0.233 e. The molecule has 1 aromatic heterocycles. The number of hydrogen-bond donors (Lipinski definition) is 0. The fraction of sp³-hybridized carbons (Fsp3) is 0.348. The third kappa shape index (κ3) is 4.73. The Balaban J connectivity index is 1.57. The number of nitrogens with zero attached hydrogens (tertiary/aromatic N) is 4. The van der Waals surface area contributed by atoms with Crippen LogP contribution in [0.15, 0.2) is 59.8 Å². The summed E-state index contributed by atoms with van der Waals surface area (Å²) in [5.74, 6) is 0.911. The van der Waals surface area contributed by atoms with Crippen LogP contribution >= 0.6 is 11.8 Å². The van der Waals surface area contributed by atoms with E-state index in [1.54, 1.807) is 12.1 Å². The third-order valence-corrected chi connectivity index (χ3v) is 6.35. The number of amides is 1. The number of aromatic nitrogens is 3. The van der Waals surface area contributed by atoms with Crippen molar-refractivity contribution in [2.75, 3.05) is 12.3 Å². The van der Waals surface area contributed by atoms with Crippen molar-refractivity contribution in [2.24, 2.45) is 0 Å². The molecule has 1 saturated heterocycles. The lowest BCUT2D eigenvalue weighted by molar-refractivity contribution is -0.131. The molecule has 5 nitrogen and oxygen atoms in total. The van der Waals surface area contributed by atoms with Crippen LogP contribution in [0.4, 0.5) is 4.39 Å². The molecule has 0 aliphatic carbocycles. The van der Waals surface area contributed by atoms with Gasteiger partial charge in [0.2, 0.25) is 5.91 Å². The SMILES string of the molecule is C[C@H]1CCCCN1C(=O)CSc1nnc(Cc2ccccc2)n1-c1ccc(F)cc1. The van der Waals surface area contributed by atoms with Gasteiger partial charge < -0.3 is 4.90 Å². The first-order valence-electron chi connectivity index (χ1n) is 10.3. The summed E-state index contributed by atoms with van der Waals surface area (Å²) in [7, 11) is 0. The van der Waals surface area contributed by atoms with Crippen LogP contribution in [0.2, 0.25) is 0 Å². The molecular formula is C23H25FN4OS. The van der Waals surface area contributed by atoms with Gasteiger partial charge in [0.25, 0.3) is 0 Å². The van der Waals surface area contributed by atoms with E-state index in [9.17, 15) is 9.18 Å². The Labute approximate surface area is 180 Å². The van der Waals surface area contributed by atoms with Gasteiger partial charge in [-0.1, -0.05) is 42.1 Å². The minimum atomic E-state index is -0.292. The highest BCUT2D eigenvalue weighted by Crippen LogP contribution is 2.25. The highest BCUT2D eigenvalue weighted by molar-refractivity contribution is 7.99. The minimum Gasteiger partial charge on any atom is -0.339 e. The molecule has 1 fully saturated rings. The number of halogens is 1. The van der Waals surface area contributed by atoms with Crippen LogP contribution in [0.3, 0.4) is 0 Å². The van der Waals surface area contributed by atoms with E-state index in [1.807, 2.05) is 39.8 Å². The number of rotatable bonds is 6. The van der Waals surface area contributed by atoms with E-state index in [4.69, 9.17) is 0 Å². The van der Waals surface area contributed by atoms with Gasteiger partial charge in [-0.05, 0) is 56.0 Å². The van der Waals surface area contributed by atoms with Gasteiger partial charge in [0.15, 0.2) is 5.16 Å². The Morgan fingerprint density at radius 3 is 2.60 bits per heavy atom. The van der Waals surface area contributed by atoms with Gasteiger partial charge in [0.1, 0.15) is 11.6 Å². The summed E-state index contributed by atoms with van der Waals surface area (Å²) in [5.41, 5.74) is 1.90. The first-order valence-corrected chi connectivity index (χ1v) is 11.3. The minimum absolute atomic E-state index is 0.130. The standard InChI is InChI=1S/C23H25FN4OS/c1-17-7-5-6-14-27(17)22(29)16-30-23-26-25-21(15-18-8-3-2-4-9-18)28(23)20-12-10-19(24)11-13-20/h2-4,8-13,17H,5-7,14-16H2,1H3/t17-/m0/s1. The van der Waals surface area contributed by atoms with E-state index in [-0.39, 0.29) is 17.8 Å². The predicted molar refractivity (Wildman–Crippen MR) is 116 cm³/mol. The summed E-state index contributed by atoms with van der Waals surface area (Å²) in [6.45, 7) is 2.94. The van der Waals surface area contributed by atoms with Gasteiger partial charge in [0.05, 0.1) is 5.75 Å². The molecule has 0 bridgehead atoms. The van der Waals surface area contributed by atoms with Crippen molar-refractivity contribution in [3.63, 3.8) is 0 Å². The normalized spacial score (nSPS) is 16.6. The number of thioether (sulfide) groups is 1. The zero-order valence-corrected chi connectivity index (χ0v) is 17.8. The van der Waals surface area contributed by atoms with Crippen molar-refractivity contribution in [3.05, 3.63) is 71.8 Å². The smallest absolute Gasteiger partial charge is 0.233 e. The van der Waals surface area contributed by atoms with Crippen molar-refractivity contribution in [2.45, 2.75) is 43.8 Å². The predicted octanol–water partition coefficient (Wildman–Crippen LogP) is 4.49. The monoisotopic (exact) mass is 424 g/mol. The average molecular weight is 425 g/mol. The largest absolute Gasteiger partial charge is 0.339 e. The quantitative estimate of drug-likeness (QED) is 0.547. The Kier molecular flexibility index (Phi) is 6.47. The first-order chi connectivity index (χ1) is 14.6. The zero-order valence-electron chi connectivity index (χ0n) is 17.0. The number of likely N-dealkylation sites (tertiary alicyclic amines) is 1. The Bertz CT molecular complexity index is 990. The van der Waals surface area contributed by atoms with Crippen LogP contribution < -0.4 is 0 Å². The van der Waals surface area contributed by atoms with Crippen LogP contribution in [0.5, 0.6) is 0 Å². The molecule has 7 heteroatoms. The Morgan fingerprint density at radius 2 is 1.87 bits per heavy atom. The summed E-state index contributed by atoms with van der Waals surface area (Å²) in [6.07, 6.45) is 3.90. The van der Waals surface area contributed by atoms with Gasteiger partial charge in [-0.2, -0.15) is 0 Å². The van der Waals surface area contributed by atoms with Crippen molar-refractivity contribution < 1.29 is 9.18 Å². The topological polar surface area (TPSA) is 51.0 Å². The highest BCUT2D eigenvalue weighted by atomic mass is 32.2. The second-order valence-electron chi connectivity index (χ2n) is 7.59. The molecule has 1 atom stereocenters. The van der Waals surface area contributed by atoms with Crippen molar-refractivity contribution in [1.82, 2.24) is 19.7 Å². The van der Waals surface area contributed by atoms with Gasteiger partial charge >= 0.3 is 0 Å². The molecule has 0 spiro atoms. The first kappa shape index (κ1) is 20.6. The summed E-state index contributed by atoms with van der Waals surface area (Å²) in [6, 6.07) is 16.6. The Morgan fingerprint density at radius 1 is 1.10 bits per heavy atom. The number of carbonyl (C=O) groups excluding carboxylic acids is 1. The molecule has 0 saturated carbocycles. The van der Waals surface area contributed by atoms with E-state index < -0.39 is 0 Å². The maximum absolute atomic E-state index is 13.5. The van der Waals surface area contributed by atoms with E-state index in [0.29, 0.717) is 17.3 Å². The van der Waals surface area contributed by atoms with E-state index in [0.717, 1.165) is 36.5 Å². The maximum atomic E-state index is 13.5. The lowest BCUT2D eigenvalue weighted by atomic mass is 10.0. The molecule has 1 amide bonds. The molecule has 156 valence electrons. The molecule has 2 aromatic carbocycles. The molecule has 3 aromatic rings. The lowest BCUT2D eigenvalue weighted by Gasteiger charge is -2.33. The second-order valence-corrected chi connectivity index (χ2v) is 8.54. The van der Waals surface area contributed by atoms with Crippen LogP contribution in [-0.2, 0) is 11.2 Å². The number of hydrogen-bond acceptors (Lipinski definition) is 4. The van der Waals surface area contributed by atoms with Crippen molar-refractivity contribution in [3.8, 4) is 5.69 Å². The molecular weight excluding hydrogens is 399 g/mol. The van der Waals surface area contributed by atoms with E-state index in [2.05, 4.69) is 17.1 Å². The fourth-order valence-corrected chi connectivity index (χ4v) is 4.67. The summed E-state index contributed by atoms with van der Waals surface area (Å²) < 4.78 is 15.4. The van der Waals surface area contributed by atoms with Crippen LogP contribution in [-0.4, -0.2) is 43.9 Å². The highest BCUT2D eigenvalue weighted by Gasteiger charge is 2.24. The van der Waals surface area contributed by atoms with Gasteiger partial charge in [0, 0.05) is 24.7 Å². The third-order valence-electron chi connectivity index (χ3n) is 5.44. The molecule has 1 aliphatic rings. The van der Waals surface area contributed by atoms with Crippen LogP contribution in [0.1, 0.15) is 37.6 Å². The van der Waals surface area contributed by atoms with Crippen molar-refractivity contribution >= 4 is 17.7 Å². The van der Waals surface area contributed by atoms with Gasteiger partial charge in [-0.15, -0.1) is 10.2 Å². The zero-order chi connectivity index (χ0) is 20.9. The second kappa shape index (κ2) is 9.43. The molecule has 4 rings (SSSR count). The molecule has 0 N–H and O–H groups in total. The fourth-order valence-electron chi connectivity index (χ4n) is 3.81. The van der Waals surface area contributed by atoms with Crippen molar-refractivity contribution in [1.29, 1.82) is 0 Å². The average Bonchev–Trinajstić information content (AvgIpc) is 3.16. The molecule has 0 unspecified atom stereocenters. The van der Waals surface area contributed by atoms with E-state index >= 15 is 0 Å².